The van der Waals surface area contributed by atoms with Crippen LogP contribution in [0.2, 0.25) is 0 Å². The van der Waals surface area contributed by atoms with Gasteiger partial charge in [0, 0.05) is 6.16 Å². The van der Waals surface area contributed by atoms with Crippen molar-refractivity contribution in [1.29, 1.82) is 0 Å². The Balaban J connectivity index is 2.22. The largest absolute Gasteiger partial charge is 0.778 e. The molecule has 1 unspecified atom stereocenters. The molecule has 1 aromatic carbocycles. The van der Waals surface area contributed by atoms with Gasteiger partial charge in [0.05, 0.1) is 20.6 Å². The molecule has 156 valence electrons. The Morgan fingerprint density at radius 2 is 1.78 bits per heavy atom. The van der Waals surface area contributed by atoms with Gasteiger partial charge in [0.15, 0.2) is 11.5 Å². The number of nitrogens with zero attached hydrogens (tertiary/aromatic N) is 1. The molecular formula is C20H36NO5P. The van der Waals surface area contributed by atoms with Crippen LogP contribution in [0.15, 0.2) is 18.2 Å². The van der Waals surface area contributed by atoms with Crippen LogP contribution in [0.4, 0.5) is 0 Å². The maximum absolute atomic E-state index is 12.1. The second-order valence-corrected chi connectivity index (χ2v) is 9.82. The summed E-state index contributed by atoms with van der Waals surface area (Å²) >= 11 is 0. The maximum atomic E-state index is 12.1. The summed E-state index contributed by atoms with van der Waals surface area (Å²) in [4.78, 5) is 12.1. The standard InChI is InChI=1S/C20H36NO5P/c1-4-5-6-8-13-21(2,3)14-15-26-27(24,25)16-9-7-10-18-11-12-19(22)20(23)17-18/h11-12,17H,4-10,13-16H2,1-3H3,(H2-,22,23,24,25). The molecule has 0 fully saturated rings. The monoisotopic (exact) mass is 401 g/mol. The highest BCUT2D eigenvalue weighted by Gasteiger charge is 2.16. The first-order valence-electron chi connectivity index (χ1n) is 9.93. The van der Waals surface area contributed by atoms with Crippen LogP contribution in [0.5, 0.6) is 11.5 Å². The lowest BCUT2D eigenvalue weighted by Crippen LogP contribution is -2.43. The zero-order valence-electron chi connectivity index (χ0n) is 17.0. The summed E-state index contributed by atoms with van der Waals surface area (Å²) < 4.78 is 18.0. The van der Waals surface area contributed by atoms with Crippen molar-refractivity contribution < 1.29 is 28.7 Å². The van der Waals surface area contributed by atoms with Gasteiger partial charge in [0.2, 0.25) is 0 Å². The highest BCUT2D eigenvalue weighted by molar-refractivity contribution is 7.51. The molecule has 2 N–H and O–H groups in total. The number of quaternary nitrogens is 1. The molecule has 27 heavy (non-hydrogen) atoms. The number of rotatable bonds is 14. The molecule has 0 amide bonds. The molecule has 0 saturated carbocycles. The van der Waals surface area contributed by atoms with E-state index in [1.165, 1.54) is 31.4 Å². The Morgan fingerprint density at radius 1 is 1.04 bits per heavy atom. The Labute approximate surface area is 163 Å². The summed E-state index contributed by atoms with van der Waals surface area (Å²) in [6, 6.07) is 4.67. The van der Waals surface area contributed by atoms with Crippen LogP contribution in [0.3, 0.4) is 0 Å². The van der Waals surface area contributed by atoms with E-state index in [2.05, 4.69) is 21.0 Å². The molecule has 1 rings (SSSR count). The van der Waals surface area contributed by atoms with E-state index >= 15 is 0 Å². The zero-order chi connectivity index (χ0) is 20.3. The number of hydrogen-bond acceptors (Lipinski definition) is 5. The summed E-state index contributed by atoms with van der Waals surface area (Å²) in [5, 5.41) is 18.8. The molecule has 6 nitrogen and oxygen atoms in total. The van der Waals surface area contributed by atoms with Crippen molar-refractivity contribution in [2.75, 3.05) is 40.0 Å². The smallest absolute Gasteiger partial charge is 0.157 e. The lowest BCUT2D eigenvalue weighted by atomic mass is 10.1. The number of phenols is 2. The molecule has 0 heterocycles. The van der Waals surface area contributed by atoms with Crippen molar-refractivity contribution in [1.82, 2.24) is 0 Å². The van der Waals surface area contributed by atoms with Crippen molar-refractivity contribution in [3.8, 4) is 11.5 Å². The number of hydrogen-bond donors (Lipinski definition) is 2. The van der Waals surface area contributed by atoms with Crippen LogP contribution in [0.1, 0.15) is 51.0 Å². The second kappa shape index (κ2) is 11.7. The van der Waals surface area contributed by atoms with Gasteiger partial charge in [-0.1, -0.05) is 25.8 Å². The van der Waals surface area contributed by atoms with Gasteiger partial charge in [-0.2, -0.15) is 0 Å². The van der Waals surface area contributed by atoms with E-state index in [0.29, 0.717) is 25.8 Å². The molecule has 0 spiro atoms. The van der Waals surface area contributed by atoms with Crippen molar-refractivity contribution >= 4 is 7.60 Å². The van der Waals surface area contributed by atoms with Gasteiger partial charge in [-0.15, -0.1) is 0 Å². The Bertz CT molecular complexity index is 606. The number of phenolic OH excluding ortho intramolecular Hbond substituents is 2. The van der Waals surface area contributed by atoms with Crippen LogP contribution < -0.4 is 4.89 Å². The van der Waals surface area contributed by atoms with Crippen molar-refractivity contribution in [3.05, 3.63) is 23.8 Å². The van der Waals surface area contributed by atoms with E-state index in [9.17, 15) is 19.7 Å². The first kappa shape index (κ1) is 24.0. The van der Waals surface area contributed by atoms with E-state index in [-0.39, 0.29) is 24.3 Å². The van der Waals surface area contributed by atoms with Crippen LogP contribution in [0.25, 0.3) is 0 Å². The molecule has 0 aliphatic carbocycles. The topological polar surface area (TPSA) is 89.8 Å². The van der Waals surface area contributed by atoms with Gasteiger partial charge in [0.25, 0.3) is 0 Å². The molecule has 0 saturated heterocycles. The summed E-state index contributed by atoms with van der Waals surface area (Å²) in [5.41, 5.74) is 0.870. The lowest BCUT2D eigenvalue weighted by molar-refractivity contribution is -0.890. The van der Waals surface area contributed by atoms with Crippen molar-refractivity contribution in [2.45, 2.75) is 51.9 Å². The van der Waals surface area contributed by atoms with Gasteiger partial charge in [-0.05, 0) is 49.8 Å². The Kier molecular flexibility index (Phi) is 10.4. The maximum Gasteiger partial charge on any atom is 0.157 e. The minimum Gasteiger partial charge on any atom is -0.778 e. The van der Waals surface area contributed by atoms with E-state index in [4.69, 9.17) is 4.52 Å². The zero-order valence-corrected chi connectivity index (χ0v) is 17.9. The molecular weight excluding hydrogens is 365 g/mol. The highest BCUT2D eigenvalue weighted by atomic mass is 31.2. The molecule has 0 radical (unpaired) electrons. The Hall–Kier alpha value is -1.07. The predicted molar refractivity (Wildman–Crippen MR) is 107 cm³/mol. The van der Waals surface area contributed by atoms with Gasteiger partial charge in [0.1, 0.15) is 20.7 Å². The van der Waals surface area contributed by atoms with Gasteiger partial charge < -0.3 is 28.7 Å². The fourth-order valence-electron chi connectivity index (χ4n) is 2.93. The van der Waals surface area contributed by atoms with Crippen LogP contribution >= 0.6 is 7.60 Å². The normalized spacial score (nSPS) is 14.2. The highest BCUT2D eigenvalue weighted by Crippen LogP contribution is 2.38. The van der Waals surface area contributed by atoms with E-state index in [1.54, 1.807) is 6.07 Å². The second-order valence-electron chi connectivity index (χ2n) is 7.89. The lowest BCUT2D eigenvalue weighted by Gasteiger charge is -2.31. The van der Waals surface area contributed by atoms with E-state index in [1.807, 2.05) is 0 Å². The minimum atomic E-state index is -3.80. The number of benzene rings is 1. The van der Waals surface area contributed by atoms with Crippen LogP contribution in [0, 0.1) is 0 Å². The van der Waals surface area contributed by atoms with Crippen molar-refractivity contribution in [3.63, 3.8) is 0 Å². The first-order chi connectivity index (χ1) is 12.7. The molecule has 1 aromatic rings. The third-order valence-electron chi connectivity index (χ3n) is 4.79. The summed E-state index contributed by atoms with van der Waals surface area (Å²) in [5.74, 6) is -0.302. The van der Waals surface area contributed by atoms with E-state index in [0.717, 1.165) is 23.0 Å². The number of likely N-dealkylation sites (N-methyl/N-ethyl adjacent to an activating group) is 1. The average molecular weight is 401 g/mol. The molecule has 1 atom stereocenters. The Morgan fingerprint density at radius 3 is 2.44 bits per heavy atom. The third-order valence-corrected chi connectivity index (χ3v) is 6.23. The summed E-state index contributed by atoms with van der Waals surface area (Å²) in [7, 11) is 0.415. The number of aryl methyl sites for hydroxylation is 1. The molecule has 0 bridgehead atoms. The fourth-order valence-corrected chi connectivity index (χ4v) is 4.03. The molecule has 0 aliphatic heterocycles. The molecule has 7 heteroatoms. The molecule has 0 aromatic heterocycles. The van der Waals surface area contributed by atoms with Crippen LogP contribution in [-0.2, 0) is 15.5 Å². The fraction of sp³-hybridized carbons (Fsp3) is 0.700. The van der Waals surface area contributed by atoms with Gasteiger partial charge in [-0.3, -0.25) is 0 Å². The quantitative estimate of drug-likeness (QED) is 0.215. The van der Waals surface area contributed by atoms with Crippen LogP contribution in [-0.4, -0.2) is 54.6 Å². The van der Waals surface area contributed by atoms with Crippen molar-refractivity contribution in [2.24, 2.45) is 0 Å². The number of unbranched alkanes of at least 4 members (excludes halogenated alkanes) is 4. The SMILES string of the molecule is CCCCCC[N+](C)(C)CCOP(=O)([O-])CCCCc1ccc(O)c(O)c1. The minimum absolute atomic E-state index is 0.0288. The average Bonchev–Trinajstić information content (AvgIpc) is 2.58. The number of aromatic hydroxyl groups is 2. The predicted octanol–water partition coefficient (Wildman–Crippen LogP) is 3.65. The first-order valence-corrected chi connectivity index (χ1v) is 11.7. The van der Waals surface area contributed by atoms with E-state index < -0.39 is 7.60 Å². The van der Waals surface area contributed by atoms with Gasteiger partial charge >= 0.3 is 0 Å². The molecule has 0 aliphatic rings. The summed E-state index contributed by atoms with van der Waals surface area (Å²) in [6.07, 6.45) is 6.70. The third kappa shape index (κ3) is 10.7. The summed E-state index contributed by atoms with van der Waals surface area (Å²) in [6.45, 7) is 4.14. The van der Waals surface area contributed by atoms with Gasteiger partial charge in [-0.25, -0.2) is 0 Å².